The van der Waals surface area contributed by atoms with Gasteiger partial charge in [0.05, 0.1) is 7.11 Å². The molecule has 1 aromatic rings. The van der Waals surface area contributed by atoms with E-state index in [0.717, 1.165) is 0 Å². The van der Waals surface area contributed by atoms with Gasteiger partial charge in [-0.1, -0.05) is 6.07 Å². The zero-order valence-corrected chi connectivity index (χ0v) is 7.39. The van der Waals surface area contributed by atoms with Gasteiger partial charge in [0.1, 0.15) is 5.75 Å². The molecule has 0 aliphatic heterocycles. The second kappa shape index (κ2) is 3.92. The number of aromatic hydroxyl groups is 1. The van der Waals surface area contributed by atoms with E-state index in [1.54, 1.807) is 24.3 Å². The third kappa shape index (κ3) is 2.39. The Bertz CT molecular complexity index is 288. The fourth-order valence-electron chi connectivity index (χ4n) is 0.753. The number of anilines is 1. The summed E-state index contributed by atoms with van der Waals surface area (Å²) in [7, 11) is 1.48. The molecule has 1 rings (SSSR count). The Morgan fingerprint density at radius 1 is 1.58 bits per heavy atom. The number of hydrogen-bond donors (Lipinski definition) is 2. The Labute approximate surface area is 76.0 Å². The number of phenolic OH excluding ortho intramolecular Hbond substituents is 1. The molecule has 0 unspecified atom stereocenters. The fraction of sp³-hybridized carbons (Fsp3) is 0.125. The maximum absolute atomic E-state index is 9.07. The molecular formula is C8H9NO2S. The molecule has 1 aromatic carbocycles. The maximum atomic E-state index is 9.07. The second-order valence-corrected chi connectivity index (χ2v) is 2.54. The van der Waals surface area contributed by atoms with E-state index < -0.39 is 0 Å². The van der Waals surface area contributed by atoms with Gasteiger partial charge in [-0.3, -0.25) is 0 Å². The molecule has 12 heavy (non-hydrogen) atoms. The summed E-state index contributed by atoms with van der Waals surface area (Å²) in [6.45, 7) is 0. The molecule has 0 heterocycles. The van der Waals surface area contributed by atoms with Gasteiger partial charge in [0, 0.05) is 11.8 Å². The lowest BCUT2D eigenvalue weighted by Crippen LogP contribution is -2.10. The van der Waals surface area contributed by atoms with Crippen LogP contribution in [-0.2, 0) is 4.74 Å². The highest BCUT2D eigenvalue weighted by atomic mass is 32.1. The largest absolute Gasteiger partial charge is 0.508 e. The quantitative estimate of drug-likeness (QED) is 0.651. The van der Waals surface area contributed by atoms with Gasteiger partial charge in [-0.15, -0.1) is 0 Å². The first-order chi connectivity index (χ1) is 5.72. The molecule has 0 aliphatic carbocycles. The molecule has 0 bridgehead atoms. The second-order valence-electron chi connectivity index (χ2n) is 2.17. The van der Waals surface area contributed by atoms with Crippen molar-refractivity contribution in [1.29, 1.82) is 0 Å². The van der Waals surface area contributed by atoms with Gasteiger partial charge in [-0.05, 0) is 24.4 Å². The van der Waals surface area contributed by atoms with Crippen LogP contribution in [0.3, 0.4) is 0 Å². The minimum atomic E-state index is 0.193. The predicted octanol–water partition coefficient (Wildman–Crippen LogP) is 1.74. The van der Waals surface area contributed by atoms with Crippen LogP contribution >= 0.6 is 12.2 Å². The van der Waals surface area contributed by atoms with E-state index in [0.29, 0.717) is 5.69 Å². The van der Waals surface area contributed by atoms with E-state index >= 15 is 0 Å². The minimum Gasteiger partial charge on any atom is -0.508 e. The average Bonchev–Trinajstić information content (AvgIpc) is 2.04. The van der Waals surface area contributed by atoms with Crippen molar-refractivity contribution in [2.24, 2.45) is 0 Å². The van der Waals surface area contributed by atoms with Crippen LogP contribution in [0.5, 0.6) is 5.75 Å². The summed E-state index contributed by atoms with van der Waals surface area (Å²) < 4.78 is 4.73. The molecule has 0 saturated heterocycles. The van der Waals surface area contributed by atoms with Crippen LogP contribution < -0.4 is 5.32 Å². The number of phenols is 1. The normalized spacial score (nSPS) is 9.08. The fourth-order valence-corrected chi connectivity index (χ4v) is 0.870. The summed E-state index contributed by atoms with van der Waals surface area (Å²) in [5, 5.41) is 12.1. The first kappa shape index (κ1) is 8.80. The molecular weight excluding hydrogens is 174 g/mol. The molecule has 0 aromatic heterocycles. The molecule has 0 aliphatic rings. The van der Waals surface area contributed by atoms with Crippen molar-refractivity contribution < 1.29 is 9.84 Å². The Morgan fingerprint density at radius 3 is 2.92 bits per heavy atom. The third-order valence-corrected chi connectivity index (χ3v) is 1.55. The van der Waals surface area contributed by atoms with Crippen molar-refractivity contribution >= 4 is 23.1 Å². The molecule has 0 fully saturated rings. The highest BCUT2D eigenvalue weighted by Crippen LogP contribution is 2.15. The van der Waals surface area contributed by atoms with Crippen molar-refractivity contribution in [3.05, 3.63) is 24.3 Å². The van der Waals surface area contributed by atoms with Crippen molar-refractivity contribution in [1.82, 2.24) is 0 Å². The first-order valence-electron chi connectivity index (χ1n) is 3.36. The molecule has 2 N–H and O–H groups in total. The van der Waals surface area contributed by atoms with Crippen LogP contribution in [0.1, 0.15) is 0 Å². The van der Waals surface area contributed by atoms with E-state index in [-0.39, 0.29) is 10.9 Å². The van der Waals surface area contributed by atoms with Crippen LogP contribution in [-0.4, -0.2) is 17.4 Å². The van der Waals surface area contributed by atoms with E-state index in [1.807, 2.05) is 0 Å². The molecule has 3 nitrogen and oxygen atoms in total. The van der Waals surface area contributed by atoms with Gasteiger partial charge in [0.25, 0.3) is 5.17 Å². The topological polar surface area (TPSA) is 41.5 Å². The predicted molar refractivity (Wildman–Crippen MR) is 51.3 cm³/mol. The lowest BCUT2D eigenvalue weighted by Gasteiger charge is -2.05. The average molecular weight is 183 g/mol. The highest BCUT2D eigenvalue weighted by Gasteiger charge is 1.96. The zero-order chi connectivity index (χ0) is 8.97. The number of nitrogens with one attached hydrogen (secondary N) is 1. The monoisotopic (exact) mass is 183 g/mol. The van der Waals surface area contributed by atoms with Crippen LogP contribution in [0.25, 0.3) is 0 Å². The van der Waals surface area contributed by atoms with Crippen LogP contribution in [0.2, 0.25) is 0 Å². The summed E-state index contributed by atoms with van der Waals surface area (Å²) in [4.78, 5) is 0. The Balaban J connectivity index is 2.69. The molecule has 0 spiro atoms. The van der Waals surface area contributed by atoms with E-state index in [2.05, 4.69) is 5.32 Å². The molecule has 0 amide bonds. The molecule has 4 heteroatoms. The highest BCUT2D eigenvalue weighted by molar-refractivity contribution is 7.80. The number of rotatable bonds is 1. The maximum Gasteiger partial charge on any atom is 0.260 e. The SMILES string of the molecule is COC(=S)Nc1cccc(O)c1. The van der Waals surface area contributed by atoms with Crippen molar-refractivity contribution in [3.8, 4) is 5.75 Å². The Kier molecular flexibility index (Phi) is 2.88. The van der Waals surface area contributed by atoms with Gasteiger partial charge in [0.15, 0.2) is 0 Å². The van der Waals surface area contributed by atoms with Crippen LogP contribution in [0, 0.1) is 0 Å². The zero-order valence-electron chi connectivity index (χ0n) is 6.57. The van der Waals surface area contributed by atoms with E-state index in [1.165, 1.54) is 7.11 Å². The minimum absolute atomic E-state index is 0.193. The summed E-state index contributed by atoms with van der Waals surface area (Å²) in [6, 6.07) is 6.65. The summed E-state index contributed by atoms with van der Waals surface area (Å²) in [5.41, 5.74) is 0.710. The number of ether oxygens (including phenoxy) is 1. The lowest BCUT2D eigenvalue weighted by atomic mass is 10.3. The van der Waals surface area contributed by atoms with Crippen LogP contribution in [0.4, 0.5) is 5.69 Å². The van der Waals surface area contributed by atoms with E-state index in [4.69, 9.17) is 22.1 Å². The lowest BCUT2D eigenvalue weighted by molar-refractivity contribution is 0.413. The summed E-state index contributed by atoms with van der Waals surface area (Å²) in [5.74, 6) is 0.193. The van der Waals surface area contributed by atoms with E-state index in [9.17, 15) is 0 Å². The van der Waals surface area contributed by atoms with Gasteiger partial charge in [-0.2, -0.15) is 0 Å². The van der Waals surface area contributed by atoms with Crippen molar-refractivity contribution in [2.75, 3.05) is 12.4 Å². The van der Waals surface area contributed by atoms with Crippen molar-refractivity contribution in [2.45, 2.75) is 0 Å². The van der Waals surface area contributed by atoms with Crippen molar-refractivity contribution in [3.63, 3.8) is 0 Å². The van der Waals surface area contributed by atoms with Gasteiger partial charge in [-0.25, -0.2) is 0 Å². The van der Waals surface area contributed by atoms with Crippen LogP contribution in [0.15, 0.2) is 24.3 Å². The standard InChI is InChI=1S/C8H9NO2S/c1-11-8(12)9-6-3-2-4-7(10)5-6/h2-5,10H,1H3,(H,9,12). The summed E-state index contributed by atoms with van der Waals surface area (Å²) in [6.07, 6.45) is 0. The first-order valence-corrected chi connectivity index (χ1v) is 3.77. The third-order valence-electron chi connectivity index (χ3n) is 1.28. The number of thiocarbonyl (C=S) groups is 1. The number of hydrogen-bond acceptors (Lipinski definition) is 3. The van der Waals surface area contributed by atoms with Gasteiger partial charge < -0.3 is 15.2 Å². The van der Waals surface area contributed by atoms with Gasteiger partial charge in [0.2, 0.25) is 0 Å². The number of benzene rings is 1. The Hall–Kier alpha value is -1.29. The Morgan fingerprint density at radius 2 is 2.33 bits per heavy atom. The number of methoxy groups -OCH3 is 1. The van der Waals surface area contributed by atoms with Gasteiger partial charge >= 0.3 is 0 Å². The molecule has 0 radical (unpaired) electrons. The molecule has 0 atom stereocenters. The molecule has 0 saturated carbocycles. The molecule has 64 valence electrons. The smallest absolute Gasteiger partial charge is 0.260 e. The summed E-state index contributed by atoms with van der Waals surface area (Å²) >= 11 is 4.77.